The smallest absolute Gasteiger partial charge is 0.331 e. The van der Waals surface area contributed by atoms with Gasteiger partial charge in [0.15, 0.2) is 0 Å². The van der Waals surface area contributed by atoms with Gasteiger partial charge < -0.3 is 15.0 Å². The van der Waals surface area contributed by atoms with Gasteiger partial charge in [-0.3, -0.25) is 14.4 Å². The van der Waals surface area contributed by atoms with Crippen LogP contribution in [-0.2, 0) is 23.2 Å². The molecule has 0 atom stereocenters. The molecule has 0 aromatic carbocycles. The van der Waals surface area contributed by atoms with Crippen molar-refractivity contribution in [1.29, 1.82) is 0 Å². The highest BCUT2D eigenvalue weighted by Crippen LogP contribution is 1.92. The van der Waals surface area contributed by atoms with Crippen LogP contribution < -0.4 is 16.6 Å². The number of halogens is 1. The van der Waals surface area contributed by atoms with Gasteiger partial charge in [-0.15, -0.1) is 0 Å². The maximum absolute atomic E-state index is 11.7. The van der Waals surface area contributed by atoms with Crippen molar-refractivity contribution in [2.75, 3.05) is 6.54 Å². The lowest BCUT2D eigenvalue weighted by atomic mass is 10.5. The van der Waals surface area contributed by atoms with Gasteiger partial charge in [0.05, 0.1) is 3.57 Å². The normalized spacial score (nSPS) is 10.1. The summed E-state index contributed by atoms with van der Waals surface area (Å²) in [6.45, 7) is -1.06. The van der Waals surface area contributed by atoms with Gasteiger partial charge in [-0.05, 0) is 22.6 Å². The number of hydrogen-bond donors (Lipinski definition) is 2. The molecule has 8 nitrogen and oxygen atoms in total. The summed E-state index contributed by atoms with van der Waals surface area (Å²) in [7, 11) is 1.45. The minimum Gasteiger partial charge on any atom is -0.480 e. The van der Waals surface area contributed by atoms with Crippen LogP contribution in [0.2, 0.25) is 0 Å². The van der Waals surface area contributed by atoms with Crippen molar-refractivity contribution in [3.63, 3.8) is 0 Å². The van der Waals surface area contributed by atoms with Crippen molar-refractivity contribution >= 4 is 34.5 Å². The number of carboxylic acid groups (broad SMARTS) is 1. The summed E-state index contributed by atoms with van der Waals surface area (Å²) in [6.07, 6.45) is 1.36. The Labute approximate surface area is 114 Å². The van der Waals surface area contributed by atoms with Gasteiger partial charge in [0.1, 0.15) is 13.1 Å². The fraction of sp³-hybridized carbons (Fsp3) is 0.333. The van der Waals surface area contributed by atoms with E-state index in [9.17, 15) is 19.2 Å². The van der Waals surface area contributed by atoms with E-state index >= 15 is 0 Å². The molecule has 0 saturated carbocycles. The summed E-state index contributed by atoms with van der Waals surface area (Å²) in [6, 6.07) is 0. The Morgan fingerprint density at radius 2 is 2.06 bits per heavy atom. The number of carbonyl (C=O) groups excluding carboxylic acids is 1. The predicted molar refractivity (Wildman–Crippen MR) is 69.3 cm³/mol. The molecule has 1 heterocycles. The van der Waals surface area contributed by atoms with Gasteiger partial charge in [0.25, 0.3) is 5.56 Å². The van der Waals surface area contributed by atoms with Crippen LogP contribution in [0, 0.1) is 3.57 Å². The third-order valence-electron chi connectivity index (χ3n) is 2.03. The van der Waals surface area contributed by atoms with Crippen LogP contribution in [0.4, 0.5) is 0 Å². The van der Waals surface area contributed by atoms with Crippen LogP contribution in [0.25, 0.3) is 0 Å². The minimum absolute atomic E-state index is 0.292. The molecular weight excluding hydrogens is 357 g/mol. The Balaban J connectivity index is 2.98. The van der Waals surface area contributed by atoms with Crippen molar-refractivity contribution in [2.24, 2.45) is 7.05 Å². The van der Waals surface area contributed by atoms with Crippen molar-refractivity contribution in [1.82, 2.24) is 14.5 Å². The molecule has 1 aromatic heterocycles. The summed E-state index contributed by atoms with van der Waals surface area (Å²) in [5.74, 6) is -1.91. The Morgan fingerprint density at radius 1 is 1.44 bits per heavy atom. The number of aliphatic carboxylic acids is 1. The number of amides is 1. The molecule has 0 aliphatic heterocycles. The van der Waals surface area contributed by atoms with E-state index in [1.165, 1.54) is 17.8 Å². The number of carboxylic acids is 1. The number of hydrogen-bond acceptors (Lipinski definition) is 4. The molecule has 0 spiro atoms. The highest BCUT2D eigenvalue weighted by molar-refractivity contribution is 14.1. The lowest BCUT2D eigenvalue weighted by Gasteiger charge is -2.07. The monoisotopic (exact) mass is 367 g/mol. The first-order chi connectivity index (χ1) is 8.32. The lowest BCUT2D eigenvalue weighted by Crippen LogP contribution is -2.44. The van der Waals surface area contributed by atoms with Gasteiger partial charge in [0.2, 0.25) is 5.91 Å². The molecule has 0 radical (unpaired) electrons. The second kappa shape index (κ2) is 5.80. The van der Waals surface area contributed by atoms with E-state index in [0.29, 0.717) is 3.57 Å². The van der Waals surface area contributed by atoms with E-state index < -0.39 is 36.2 Å². The molecule has 2 N–H and O–H groups in total. The Morgan fingerprint density at radius 3 is 2.61 bits per heavy atom. The Bertz CT molecular complexity index is 569. The molecule has 18 heavy (non-hydrogen) atoms. The van der Waals surface area contributed by atoms with Gasteiger partial charge >= 0.3 is 11.7 Å². The number of nitrogens with one attached hydrogen (secondary N) is 1. The first-order valence-corrected chi connectivity index (χ1v) is 5.85. The molecular formula is C9H10IN3O5. The van der Waals surface area contributed by atoms with Gasteiger partial charge in [-0.2, -0.15) is 0 Å². The molecule has 1 amide bonds. The number of aryl methyl sites for hydroxylation is 1. The van der Waals surface area contributed by atoms with E-state index in [-0.39, 0.29) is 0 Å². The van der Waals surface area contributed by atoms with Crippen LogP contribution in [0.1, 0.15) is 0 Å². The molecule has 98 valence electrons. The zero-order valence-electron chi connectivity index (χ0n) is 9.34. The summed E-state index contributed by atoms with van der Waals surface area (Å²) in [4.78, 5) is 44.9. The van der Waals surface area contributed by atoms with Crippen LogP contribution in [0.5, 0.6) is 0 Å². The predicted octanol–water partition coefficient (Wildman–Crippen LogP) is -1.65. The highest BCUT2D eigenvalue weighted by atomic mass is 127. The first-order valence-electron chi connectivity index (χ1n) is 4.77. The summed E-state index contributed by atoms with van der Waals surface area (Å²) in [5, 5.41) is 10.5. The molecule has 0 fully saturated rings. The molecule has 0 aliphatic carbocycles. The van der Waals surface area contributed by atoms with Crippen molar-refractivity contribution in [2.45, 2.75) is 6.54 Å². The molecule has 0 aliphatic rings. The van der Waals surface area contributed by atoms with E-state index in [0.717, 1.165) is 4.57 Å². The minimum atomic E-state index is -1.20. The van der Waals surface area contributed by atoms with Crippen molar-refractivity contribution < 1.29 is 14.7 Å². The third-order valence-corrected chi connectivity index (χ3v) is 2.77. The first kappa shape index (κ1) is 14.4. The van der Waals surface area contributed by atoms with Crippen molar-refractivity contribution in [3.05, 3.63) is 30.6 Å². The van der Waals surface area contributed by atoms with E-state index in [4.69, 9.17) is 5.11 Å². The molecule has 0 bridgehead atoms. The summed E-state index contributed by atoms with van der Waals surface area (Å²) < 4.78 is 2.22. The summed E-state index contributed by atoms with van der Waals surface area (Å²) >= 11 is 1.75. The van der Waals surface area contributed by atoms with Crippen LogP contribution in [-0.4, -0.2) is 32.7 Å². The fourth-order valence-electron chi connectivity index (χ4n) is 1.20. The van der Waals surface area contributed by atoms with Gasteiger partial charge in [-0.1, -0.05) is 0 Å². The van der Waals surface area contributed by atoms with Gasteiger partial charge in [-0.25, -0.2) is 9.36 Å². The molecule has 1 aromatic rings. The largest absolute Gasteiger partial charge is 0.480 e. The van der Waals surface area contributed by atoms with Gasteiger partial charge in [0, 0.05) is 13.2 Å². The quantitative estimate of drug-likeness (QED) is 0.620. The molecule has 0 unspecified atom stereocenters. The second-order valence-corrected chi connectivity index (χ2v) is 4.59. The third kappa shape index (κ3) is 3.42. The van der Waals surface area contributed by atoms with E-state index in [2.05, 4.69) is 5.32 Å². The number of rotatable bonds is 4. The summed E-state index contributed by atoms with van der Waals surface area (Å²) in [5.41, 5.74) is -1.21. The van der Waals surface area contributed by atoms with Crippen LogP contribution >= 0.6 is 22.6 Å². The standard InChI is InChI=1S/C9H10IN3O5/c1-12-3-5(10)8(17)13(9(12)18)4-6(14)11-2-7(15)16/h3H,2,4H2,1H3,(H,11,14)(H,15,16). The van der Waals surface area contributed by atoms with Crippen LogP contribution in [0.3, 0.4) is 0 Å². The molecule has 1 rings (SSSR count). The fourth-order valence-corrected chi connectivity index (χ4v) is 1.91. The zero-order valence-corrected chi connectivity index (χ0v) is 11.5. The van der Waals surface area contributed by atoms with Crippen LogP contribution in [0.15, 0.2) is 15.8 Å². The number of aromatic nitrogens is 2. The Kier molecular flexibility index (Phi) is 4.64. The lowest BCUT2D eigenvalue weighted by molar-refractivity contribution is -0.138. The topological polar surface area (TPSA) is 110 Å². The maximum atomic E-state index is 11.7. The Hall–Kier alpha value is -1.65. The van der Waals surface area contributed by atoms with E-state index in [1.807, 2.05) is 0 Å². The van der Waals surface area contributed by atoms with Crippen molar-refractivity contribution in [3.8, 4) is 0 Å². The highest BCUT2D eigenvalue weighted by Gasteiger charge is 2.12. The van der Waals surface area contributed by atoms with E-state index in [1.54, 1.807) is 22.6 Å². The second-order valence-electron chi connectivity index (χ2n) is 3.43. The molecule has 0 saturated heterocycles. The average molecular weight is 367 g/mol. The number of nitrogens with zero attached hydrogens (tertiary/aromatic N) is 2. The zero-order chi connectivity index (χ0) is 13.9. The SMILES string of the molecule is Cn1cc(I)c(=O)n(CC(=O)NCC(=O)O)c1=O. The molecule has 9 heteroatoms. The maximum Gasteiger partial charge on any atom is 0.331 e. The number of carbonyl (C=O) groups is 2. The average Bonchev–Trinajstić information content (AvgIpc) is 2.29.